The first kappa shape index (κ1) is 29.4. The summed E-state index contributed by atoms with van der Waals surface area (Å²) in [6, 6.07) is 0. The van der Waals surface area contributed by atoms with E-state index in [4.69, 9.17) is 9.16 Å². The van der Waals surface area contributed by atoms with Crippen LogP contribution >= 0.6 is 0 Å². The van der Waals surface area contributed by atoms with E-state index in [-0.39, 0.29) is 23.5 Å². The molecule has 0 aromatic rings. The van der Waals surface area contributed by atoms with Crippen LogP contribution in [-0.4, -0.2) is 37.7 Å². The molecule has 1 aliphatic carbocycles. The van der Waals surface area contributed by atoms with Crippen LogP contribution in [0, 0.1) is 5.92 Å². The van der Waals surface area contributed by atoms with Crippen molar-refractivity contribution in [3.63, 3.8) is 0 Å². The van der Waals surface area contributed by atoms with Crippen molar-refractivity contribution >= 4 is 14.3 Å². The quantitative estimate of drug-likeness (QED) is 0.124. The first-order chi connectivity index (χ1) is 14.9. The molecule has 0 saturated heterocycles. The van der Waals surface area contributed by atoms with Crippen molar-refractivity contribution in [1.82, 2.24) is 0 Å². The van der Waals surface area contributed by atoms with Crippen molar-refractivity contribution in [2.45, 2.75) is 142 Å². The zero-order chi connectivity index (χ0) is 24.3. The van der Waals surface area contributed by atoms with E-state index < -0.39 is 13.9 Å². The molecule has 0 amide bonds. The predicted molar refractivity (Wildman–Crippen MR) is 137 cm³/mol. The van der Waals surface area contributed by atoms with Gasteiger partial charge in [0.2, 0.25) is 0 Å². The van der Waals surface area contributed by atoms with Crippen LogP contribution in [0.5, 0.6) is 0 Å². The van der Waals surface area contributed by atoms with Crippen molar-refractivity contribution in [1.29, 1.82) is 0 Å². The van der Waals surface area contributed by atoms with Gasteiger partial charge >= 0.3 is 5.97 Å². The van der Waals surface area contributed by atoms with Crippen molar-refractivity contribution < 1.29 is 19.1 Å². The van der Waals surface area contributed by atoms with Gasteiger partial charge in [0.1, 0.15) is 0 Å². The van der Waals surface area contributed by atoms with E-state index in [0.717, 1.165) is 19.3 Å². The van der Waals surface area contributed by atoms with Gasteiger partial charge in [0.15, 0.2) is 8.32 Å². The molecular weight excluding hydrogens is 416 g/mol. The highest BCUT2D eigenvalue weighted by Crippen LogP contribution is 2.39. The first-order valence-corrected chi connectivity index (χ1v) is 16.1. The second-order valence-corrected chi connectivity index (χ2v) is 16.2. The average molecular weight is 469 g/mol. The molecule has 0 aromatic carbocycles. The van der Waals surface area contributed by atoms with E-state index in [1.54, 1.807) is 6.92 Å². The lowest BCUT2D eigenvalue weighted by Crippen LogP contribution is -2.43. The predicted octanol–water partition coefficient (Wildman–Crippen LogP) is 7.56. The maximum Gasteiger partial charge on any atom is 0.308 e. The number of allylic oxidation sites excluding steroid dienone is 1. The third-order valence-electron chi connectivity index (χ3n) is 7.33. The van der Waals surface area contributed by atoms with Gasteiger partial charge in [-0.05, 0) is 63.1 Å². The Morgan fingerprint density at radius 1 is 1.16 bits per heavy atom. The largest absolute Gasteiger partial charge is 0.466 e. The maximum absolute atomic E-state index is 11.9. The van der Waals surface area contributed by atoms with Crippen LogP contribution < -0.4 is 0 Å². The lowest BCUT2D eigenvalue weighted by atomic mass is 9.76. The van der Waals surface area contributed by atoms with Crippen LogP contribution in [0.3, 0.4) is 0 Å². The molecule has 0 aliphatic heterocycles. The Labute approximate surface area is 199 Å². The van der Waals surface area contributed by atoms with Crippen LogP contribution in [0.15, 0.2) is 12.2 Å². The minimum absolute atomic E-state index is 0.104. The smallest absolute Gasteiger partial charge is 0.308 e. The standard InChI is InChI=1S/C27H52O4Si/c1-8-10-11-12-13-14-17-24(31-32(6,7)26(3,4)5)19-18-23-16-15-20-27(29,21-23)22-25(28)30-9-2/h18-19,23-24,29H,8-17,20-22H2,1-7H3/t23-,24?,27-/m0/s1. The fourth-order valence-corrected chi connectivity index (χ4v) is 5.65. The lowest BCUT2D eigenvalue weighted by Gasteiger charge is -2.39. The van der Waals surface area contributed by atoms with Crippen molar-refractivity contribution in [3.8, 4) is 0 Å². The molecular formula is C27H52O4Si. The Morgan fingerprint density at radius 3 is 2.44 bits per heavy atom. The number of esters is 1. The van der Waals surface area contributed by atoms with E-state index in [1.807, 2.05) is 0 Å². The van der Waals surface area contributed by atoms with Gasteiger partial charge in [-0.2, -0.15) is 0 Å². The number of aliphatic hydroxyl groups is 1. The van der Waals surface area contributed by atoms with Crippen LogP contribution in [0.2, 0.25) is 18.1 Å². The SMILES string of the molecule is CCCCCCCCC(C=C[C@@H]1CCC[C@@](O)(CC(=O)OCC)C1)O[Si](C)(C)C(C)(C)C. The summed E-state index contributed by atoms with van der Waals surface area (Å²) in [4.78, 5) is 11.9. The first-order valence-electron chi connectivity index (χ1n) is 13.2. The monoisotopic (exact) mass is 468 g/mol. The number of carbonyl (C=O) groups is 1. The summed E-state index contributed by atoms with van der Waals surface area (Å²) in [5, 5.41) is 11.2. The van der Waals surface area contributed by atoms with Gasteiger partial charge in [0.05, 0.1) is 24.7 Å². The molecule has 5 heteroatoms. The van der Waals surface area contributed by atoms with E-state index in [1.165, 1.54) is 38.5 Å². The number of unbranched alkanes of at least 4 members (excludes halogenated alkanes) is 5. The normalized spacial score (nSPS) is 23.4. The molecule has 3 atom stereocenters. The third-order valence-corrected chi connectivity index (χ3v) is 11.8. The van der Waals surface area contributed by atoms with E-state index >= 15 is 0 Å². The van der Waals surface area contributed by atoms with E-state index in [2.05, 4.69) is 52.9 Å². The second kappa shape index (κ2) is 13.9. The van der Waals surface area contributed by atoms with Gasteiger partial charge in [-0.15, -0.1) is 0 Å². The fourth-order valence-electron chi connectivity index (χ4n) is 4.35. The zero-order valence-electron chi connectivity index (χ0n) is 22.2. The van der Waals surface area contributed by atoms with Gasteiger partial charge < -0.3 is 14.3 Å². The summed E-state index contributed by atoms with van der Waals surface area (Å²) in [6.07, 6.45) is 16.9. The summed E-state index contributed by atoms with van der Waals surface area (Å²) in [6.45, 7) is 16.0. The Kier molecular flexibility index (Phi) is 12.8. The van der Waals surface area contributed by atoms with Gasteiger partial charge in [-0.25, -0.2) is 0 Å². The molecule has 4 nitrogen and oxygen atoms in total. The summed E-state index contributed by atoms with van der Waals surface area (Å²) in [5.41, 5.74) is -0.936. The summed E-state index contributed by atoms with van der Waals surface area (Å²) in [5.74, 6) is 0.0000793. The van der Waals surface area contributed by atoms with E-state index in [9.17, 15) is 9.90 Å². The van der Waals surface area contributed by atoms with E-state index in [0.29, 0.717) is 25.4 Å². The Balaban J connectivity index is 2.75. The van der Waals surface area contributed by atoms with Crippen molar-refractivity contribution in [2.75, 3.05) is 6.61 Å². The molecule has 1 N–H and O–H groups in total. The molecule has 32 heavy (non-hydrogen) atoms. The molecule has 1 aliphatic rings. The molecule has 1 unspecified atom stereocenters. The summed E-state index contributed by atoms with van der Waals surface area (Å²) in [7, 11) is -1.86. The Bertz CT molecular complexity index is 566. The minimum Gasteiger partial charge on any atom is -0.466 e. The van der Waals surface area contributed by atoms with Crippen LogP contribution in [0.4, 0.5) is 0 Å². The molecule has 188 valence electrons. The Hall–Kier alpha value is -0.653. The molecule has 0 radical (unpaired) electrons. The average Bonchev–Trinajstić information content (AvgIpc) is 2.67. The van der Waals surface area contributed by atoms with Gasteiger partial charge in [0.25, 0.3) is 0 Å². The molecule has 1 rings (SSSR count). The fraction of sp³-hybridized carbons (Fsp3) is 0.889. The zero-order valence-corrected chi connectivity index (χ0v) is 23.2. The Morgan fingerprint density at radius 2 is 1.81 bits per heavy atom. The number of hydrogen-bond acceptors (Lipinski definition) is 4. The van der Waals surface area contributed by atoms with Crippen molar-refractivity contribution in [2.24, 2.45) is 5.92 Å². The molecule has 1 fully saturated rings. The maximum atomic E-state index is 11.9. The molecule has 0 spiro atoms. The molecule has 0 bridgehead atoms. The van der Waals surface area contributed by atoms with Gasteiger partial charge in [-0.3, -0.25) is 4.79 Å². The number of carbonyl (C=O) groups excluding carboxylic acids is 1. The van der Waals surface area contributed by atoms with Gasteiger partial charge in [-0.1, -0.05) is 78.4 Å². The molecule has 1 saturated carbocycles. The number of rotatable bonds is 14. The van der Waals surface area contributed by atoms with Crippen LogP contribution in [-0.2, 0) is 14.0 Å². The van der Waals surface area contributed by atoms with Crippen molar-refractivity contribution in [3.05, 3.63) is 12.2 Å². The van der Waals surface area contributed by atoms with Crippen LogP contribution in [0.1, 0.15) is 112 Å². The third kappa shape index (κ3) is 11.0. The number of ether oxygens (including phenoxy) is 1. The minimum atomic E-state index is -1.86. The highest BCUT2D eigenvalue weighted by molar-refractivity contribution is 6.74. The molecule has 0 aromatic heterocycles. The summed E-state index contributed by atoms with van der Waals surface area (Å²) >= 11 is 0. The van der Waals surface area contributed by atoms with Gasteiger partial charge in [0, 0.05) is 0 Å². The van der Waals surface area contributed by atoms with Crippen LogP contribution in [0.25, 0.3) is 0 Å². The highest BCUT2D eigenvalue weighted by atomic mass is 28.4. The lowest BCUT2D eigenvalue weighted by molar-refractivity contribution is -0.150. The topological polar surface area (TPSA) is 55.8 Å². The molecule has 0 heterocycles. The number of hydrogen-bond donors (Lipinski definition) is 1. The highest BCUT2D eigenvalue weighted by Gasteiger charge is 2.39. The summed E-state index contributed by atoms with van der Waals surface area (Å²) < 4.78 is 11.9. The second-order valence-electron chi connectivity index (χ2n) is 11.4.